The third-order valence-electron chi connectivity index (χ3n) is 4.18. The summed E-state index contributed by atoms with van der Waals surface area (Å²) < 4.78 is 5.24. The van der Waals surface area contributed by atoms with Crippen molar-refractivity contribution in [1.29, 1.82) is 0 Å². The van der Waals surface area contributed by atoms with Gasteiger partial charge in [-0.15, -0.1) is 0 Å². The van der Waals surface area contributed by atoms with Gasteiger partial charge in [0.05, 0.1) is 12.5 Å². The van der Waals surface area contributed by atoms with Crippen LogP contribution in [0, 0.1) is 0 Å². The summed E-state index contributed by atoms with van der Waals surface area (Å²) in [6, 6.07) is 7.86. The molecule has 2 atom stereocenters. The molecule has 6 heteroatoms. The second-order valence-corrected chi connectivity index (χ2v) is 7.96. The summed E-state index contributed by atoms with van der Waals surface area (Å²) in [6.07, 6.45) is 1.11. The number of carbonyl (C=O) groups is 2. The van der Waals surface area contributed by atoms with Crippen molar-refractivity contribution < 1.29 is 14.3 Å². The van der Waals surface area contributed by atoms with Gasteiger partial charge in [-0.3, -0.25) is 14.5 Å². The molecule has 1 aromatic carbocycles. The Morgan fingerprint density at radius 1 is 1.24 bits per heavy atom. The Labute approximate surface area is 154 Å². The van der Waals surface area contributed by atoms with Crippen LogP contribution in [0.15, 0.2) is 24.3 Å². The van der Waals surface area contributed by atoms with Crippen molar-refractivity contribution in [1.82, 2.24) is 10.2 Å². The first-order valence-electron chi connectivity index (χ1n) is 8.62. The summed E-state index contributed by atoms with van der Waals surface area (Å²) >= 11 is 5.96. The molecule has 1 fully saturated rings. The molecule has 0 aliphatic carbocycles. The summed E-state index contributed by atoms with van der Waals surface area (Å²) in [5.74, 6) is -0.467. The first-order valence-corrected chi connectivity index (χ1v) is 9.00. The number of benzene rings is 1. The molecule has 1 aliphatic rings. The maximum atomic E-state index is 12.2. The number of hydrogen-bond acceptors (Lipinski definition) is 4. The number of likely N-dealkylation sites (tertiary alicyclic amines) is 1. The molecule has 0 radical (unpaired) electrons. The fraction of sp³-hybridized carbons (Fsp3) is 0.579. The molecule has 2 rings (SSSR count). The first kappa shape index (κ1) is 19.7. The molecule has 1 saturated heterocycles. The molecule has 138 valence electrons. The minimum Gasteiger partial charge on any atom is -0.460 e. The van der Waals surface area contributed by atoms with Crippen LogP contribution in [0.1, 0.15) is 51.6 Å². The Hall–Kier alpha value is -1.59. The summed E-state index contributed by atoms with van der Waals surface area (Å²) in [7, 11) is 2.05. The van der Waals surface area contributed by atoms with Gasteiger partial charge in [-0.1, -0.05) is 23.7 Å². The SMILES string of the molecule is CN1CC[C@H](NC(=O)CCC(=O)OC(C)(C)C)[C@H]1c1ccc(Cl)cc1. The summed E-state index contributed by atoms with van der Waals surface area (Å²) in [6.45, 7) is 6.35. The molecule has 1 amide bonds. The van der Waals surface area contributed by atoms with Crippen molar-refractivity contribution in [2.24, 2.45) is 0 Å². The van der Waals surface area contributed by atoms with Gasteiger partial charge in [0.15, 0.2) is 0 Å². The van der Waals surface area contributed by atoms with Crippen LogP contribution in [0.3, 0.4) is 0 Å². The summed E-state index contributed by atoms with van der Waals surface area (Å²) in [5, 5.41) is 3.77. The Bertz CT molecular complexity index is 610. The highest BCUT2D eigenvalue weighted by Gasteiger charge is 2.34. The van der Waals surface area contributed by atoms with E-state index in [4.69, 9.17) is 16.3 Å². The predicted octanol–water partition coefficient (Wildman–Crippen LogP) is 3.32. The van der Waals surface area contributed by atoms with Crippen molar-refractivity contribution in [3.8, 4) is 0 Å². The Morgan fingerprint density at radius 2 is 1.88 bits per heavy atom. The van der Waals surface area contributed by atoms with Crippen LogP contribution in [0.5, 0.6) is 0 Å². The molecule has 0 saturated carbocycles. The largest absolute Gasteiger partial charge is 0.460 e. The Morgan fingerprint density at radius 3 is 2.48 bits per heavy atom. The number of halogens is 1. The van der Waals surface area contributed by atoms with E-state index in [-0.39, 0.29) is 36.8 Å². The van der Waals surface area contributed by atoms with E-state index in [1.54, 1.807) is 0 Å². The van der Waals surface area contributed by atoms with Crippen LogP contribution in [0.2, 0.25) is 5.02 Å². The molecular formula is C19H27ClN2O3. The number of carbonyl (C=O) groups excluding carboxylic acids is 2. The van der Waals surface area contributed by atoms with Crippen molar-refractivity contribution in [3.05, 3.63) is 34.9 Å². The lowest BCUT2D eigenvalue weighted by atomic mass is 10.00. The Balaban J connectivity index is 1.90. The van der Waals surface area contributed by atoms with E-state index in [9.17, 15) is 9.59 Å². The summed E-state index contributed by atoms with van der Waals surface area (Å²) in [4.78, 5) is 26.2. The molecule has 1 aliphatic heterocycles. The molecular weight excluding hydrogens is 340 g/mol. The third kappa shape index (κ3) is 6.01. The van der Waals surface area contributed by atoms with Gasteiger partial charge in [-0.25, -0.2) is 0 Å². The van der Waals surface area contributed by atoms with Crippen molar-refractivity contribution in [2.75, 3.05) is 13.6 Å². The Kier molecular flexibility index (Phi) is 6.47. The molecule has 0 bridgehead atoms. The number of ether oxygens (including phenoxy) is 1. The van der Waals surface area contributed by atoms with Crippen LogP contribution < -0.4 is 5.32 Å². The van der Waals surface area contributed by atoms with Crippen molar-refractivity contribution in [2.45, 2.75) is 57.7 Å². The van der Waals surface area contributed by atoms with Crippen LogP contribution in [0.4, 0.5) is 0 Å². The van der Waals surface area contributed by atoms with E-state index >= 15 is 0 Å². The van der Waals surface area contributed by atoms with E-state index in [0.29, 0.717) is 5.02 Å². The zero-order valence-electron chi connectivity index (χ0n) is 15.3. The number of nitrogens with zero attached hydrogens (tertiary/aromatic N) is 1. The lowest BCUT2D eigenvalue weighted by Crippen LogP contribution is -2.39. The highest BCUT2D eigenvalue weighted by Crippen LogP contribution is 2.31. The van der Waals surface area contributed by atoms with Crippen LogP contribution in [-0.4, -0.2) is 42.0 Å². The minimum absolute atomic E-state index is 0.0253. The molecule has 0 spiro atoms. The average Bonchev–Trinajstić information content (AvgIpc) is 2.85. The highest BCUT2D eigenvalue weighted by molar-refractivity contribution is 6.30. The predicted molar refractivity (Wildman–Crippen MR) is 98.4 cm³/mol. The van der Waals surface area contributed by atoms with E-state index in [2.05, 4.69) is 10.2 Å². The maximum Gasteiger partial charge on any atom is 0.306 e. The molecule has 0 aromatic heterocycles. The molecule has 0 unspecified atom stereocenters. The molecule has 1 N–H and O–H groups in total. The highest BCUT2D eigenvalue weighted by atomic mass is 35.5. The van der Waals surface area contributed by atoms with Crippen LogP contribution in [0.25, 0.3) is 0 Å². The van der Waals surface area contributed by atoms with E-state index in [0.717, 1.165) is 18.5 Å². The maximum absolute atomic E-state index is 12.2. The minimum atomic E-state index is -0.526. The van der Waals surface area contributed by atoms with Gasteiger partial charge in [0.1, 0.15) is 5.60 Å². The van der Waals surface area contributed by atoms with Gasteiger partial charge < -0.3 is 10.1 Å². The molecule has 25 heavy (non-hydrogen) atoms. The van der Waals surface area contributed by atoms with E-state index in [1.165, 1.54) is 0 Å². The van der Waals surface area contributed by atoms with Gasteiger partial charge in [0.25, 0.3) is 0 Å². The standard InChI is InChI=1S/C19H27ClN2O3/c1-19(2,3)25-17(24)10-9-16(23)21-15-11-12-22(4)18(15)13-5-7-14(20)8-6-13/h5-8,15,18H,9-12H2,1-4H3,(H,21,23)/t15-,18+/m0/s1. The zero-order valence-corrected chi connectivity index (χ0v) is 16.1. The molecule has 1 heterocycles. The quantitative estimate of drug-likeness (QED) is 0.812. The normalized spacial score (nSPS) is 21.2. The summed E-state index contributed by atoms with van der Waals surface area (Å²) in [5.41, 5.74) is 0.600. The van der Waals surface area contributed by atoms with Gasteiger partial charge in [0.2, 0.25) is 5.91 Å². The van der Waals surface area contributed by atoms with Gasteiger partial charge in [0, 0.05) is 24.0 Å². The number of rotatable bonds is 5. The fourth-order valence-corrected chi connectivity index (χ4v) is 3.26. The molecule has 1 aromatic rings. The third-order valence-corrected chi connectivity index (χ3v) is 4.43. The average molecular weight is 367 g/mol. The number of esters is 1. The number of likely N-dealkylation sites (N-methyl/N-ethyl adjacent to an activating group) is 1. The lowest BCUT2D eigenvalue weighted by Gasteiger charge is -2.26. The van der Waals surface area contributed by atoms with Crippen LogP contribution >= 0.6 is 11.6 Å². The van der Waals surface area contributed by atoms with E-state index in [1.807, 2.05) is 52.1 Å². The van der Waals surface area contributed by atoms with Gasteiger partial charge in [-0.05, 0) is 51.9 Å². The lowest BCUT2D eigenvalue weighted by molar-refractivity contribution is -0.155. The molecule has 5 nitrogen and oxygen atoms in total. The number of amides is 1. The van der Waals surface area contributed by atoms with Gasteiger partial charge in [-0.2, -0.15) is 0 Å². The van der Waals surface area contributed by atoms with Crippen molar-refractivity contribution in [3.63, 3.8) is 0 Å². The zero-order chi connectivity index (χ0) is 18.6. The first-order chi connectivity index (χ1) is 11.7. The van der Waals surface area contributed by atoms with Crippen LogP contribution in [-0.2, 0) is 14.3 Å². The monoisotopic (exact) mass is 366 g/mol. The van der Waals surface area contributed by atoms with Gasteiger partial charge >= 0.3 is 5.97 Å². The smallest absolute Gasteiger partial charge is 0.306 e. The topological polar surface area (TPSA) is 58.6 Å². The number of hydrogen-bond donors (Lipinski definition) is 1. The second-order valence-electron chi connectivity index (χ2n) is 7.53. The fourth-order valence-electron chi connectivity index (χ4n) is 3.13. The van der Waals surface area contributed by atoms with E-state index < -0.39 is 5.60 Å². The van der Waals surface area contributed by atoms with Crippen molar-refractivity contribution >= 4 is 23.5 Å². The number of nitrogens with one attached hydrogen (secondary N) is 1. The second kappa shape index (κ2) is 8.19.